The van der Waals surface area contributed by atoms with Gasteiger partial charge >= 0.3 is 5.97 Å². The van der Waals surface area contributed by atoms with Crippen molar-refractivity contribution in [3.05, 3.63) is 34.6 Å². The first kappa shape index (κ1) is 18.9. The summed E-state index contributed by atoms with van der Waals surface area (Å²) in [7, 11) is 1.49. The Labute approximate surface area is 154 Å². The van der Waals surface area contributed by atoms with E-state index in [9.17, 15) is 14.3 Å². The SMILES string of the molecule is CON=C1CC2[C@](C)(C(=O)O)CCC[C@]2(C)c2cc(F)c(C(C)C)cc21. The highest BCUT2D eigenvalue weighted by atomic mass is 19.1. The van der Waals surface area contributed by atoms with Crippen LogP contribution in [0, 0.1) is 17.2 Å². The van der Waals surface area contributed by atoms with E-state index in [4.69, 9.17) is 4.84 Å². The lowest BCUT2D eigenvalue weighted by Gasteiger charge is -2.53. The summed E-state index contributed by atoms with van der Waals surface area (Å²) >= 11 is 0. The number of benzene rings is 1. The second kappa shape index (κ2) is 6.36. The van der Waals surface area contributed by atoms with Crippen molar-refractivity contribution in [2.45, 2.75) is 64.7 Å². The summed E-state index contributed by atoms with van der Waals surface area (Å²) in [5.74, 6) is -1.09. The molecule has 0 aliphatic heterocycles. The molecule has 0 bridgehead atoms. The normalized spacial score (nSPS) is 32.3. The van der Waals surface area contributed by atoms with E-state index in [1.54, 1.807) is 6.07 Å². The Bertz CT molecular complexity index is 773. The fraction of sp³-hybridized carbons (Fsp3) is 0.619. The Kier molecular flexibility index (Phi) is 4.62. The van der Waals surface area contributed by atoms with Gasteiger partial charge in [-0.2, -0.15) is 0 Å². The second-order valence-electron chi connectivity index (χ2n) is 8.54. The molecule has 1 saturated carbocycles. The Morgan fingerprint density at radius 1 is 1.35 bits per heavy atom. The molecular weight excluding hydrogens is 333 g/mol. The summed E-state index contributed by atoms with van der Waals surface area (Å²) in [5.41, 5.74) is 1.92. The van der Waals surface area contributed by atoms with Crippen LogP contribution in [0.25, 0.3) is 0 Å². The predicted molar refractivity (Wildman–Crippen MR) is 99.1 cm³/mol. The molecule has 0 aromatic heterocycles. The fourth-order valence-electron chi connectivity index (χ4n) is 5.15. The average molecular weight is 361 g/mol. The first-order valence-corrected chi connectivity index (χ1v) is 9.33. The third kappa shape index (κ3) is 2.63. The Balaban J connectivity index is 2.26. The summed E-state index contributed by atoms with van der Waals surface area (Å²) in [5, 5.41) is 14.1. The summed E-state index contributed by atoms with van der Waals surface area (Å²) in [6, 6.07) is 3.51. The molecule has 4 nitrogen and oxygen atoms in total. The molecule has 2 aliphatic carbocycles. The molecule has 5 heteroatoms. The summed E-state index contributed by atoms with van der Waals surface area (Å²) < 4.78 is 14.8. The van der Waals surface area contributed by atoms with Crippen molar-refractivity contribution >= 4 is 11.7 Å². The molecule has 2 aliphatic rings. The number of fused-ring (bicyclic) bond motifs is 3. The number of nitrogens with zero attached hydrogens (tertiary/aromatic N) is 1. The molecular formula is C21H28FNO3. The Morgan fingerprint density at radius 2 is 2.04 bits per heavy atom. The van der Waals surface area contributed by atoms with Crippen LogP contribution < -0.4 is 0 Å². The van der Waals surface area contributed by atoms with Gasteiger partial charge < -0.3 is 9.94 Å². The van der Waals surface area contributed by atoms with Gasteiger partial charge in [-0.05, 0) is 66.7 Å². The van der Waals surface area contributed by atoms with Crippen molar-refractivity contribution in [1.29, 1.82) is 0 Å². The number of carboxylic acid groups (broad SMARTS) is 1. The number of carbonyl (C=O) groups is 1. The van der Waals surface area contributed by atoms with E-state index in [-0.39, 0.29) is 23.1 Å². The third-order valence-corrected chi connectivity index (χ3v) is 6.70. The molecule has 0 spiro atoms. The fourth-order valence-corrected chi connectivity index (χ4v) is 5.15. The number of halogens is 1. The molecule has 0 heterocycles. The quantitative estimate of drug-likeness (QED) is 0.783. The lowest BCUT2D eigenvalue weighted by atomic mass is 9.49. The Hall–Kier alpha value is -1.91. The summed E-state index contributed by atoms with van der Waals surface area (Å²) in [6.07, 6.45) is 2.84. The van der Waals surface area contributed by atoms with Crippen LogP contribution in [-0.4, -0.2) is 23.9 Å². The first-order valence-electron chi connectivity index (χ1n) is 9.33. The van der Waals surface area contributed by atoms with Crippen molar-refractivity contribution in [3.63, 3.8) is 0 Å². The number of aliphatic carboxylic acids is 1. The molecule has 26 heavy (non-hydrogen) atoms. The van der Waals surface area contributed by atoms with E-state index >= 15 is 0 Å². The molecule has 3 atom stereocenters. The molecule has 1 aromatic rings. The molecule has 1 aromatic carbocycles. The monoisotopic (exact) mass is 361 g/mol. The number of hydrogen-bond acceptors (Lipinski definition) is 3. The molecule has 3 rings (SSSR count). The molecule has 1 fully saturated rings. The van der Waals surface area contributed by atoms with Crippen molar-refractivity contribution in [3.8, 4) is 0 Å². The highest BCUT2D eigenvalue weighted by molar-refractivity contribution is 6.04. The predicted octanol–water partition coefficient (Wildman–Crippen LogP) is 4.85. The number of hydrogen-bond donors (Lipinski definition) is 1. The van der Waals surface area contributed by atoms with E-state index in [0.717, 1.165) is 29.7 Å². The molecule has 142 valence electrons. The standard InChI is InChI=1S/C21H28FNO3/c1-12(2)13-9-14-15(10-16(13)22)20(3)7-6-8-21(4,19(24)25)18(20)11-17(14)23-26-5/h9-10,12,18H,6-8,11H2,1-5H3,(H,24,25)/t18?,20-,21-/m1/s1. The van der Waals surface area contributed by atoms with Gasteiger partial charge in [-0.1, -0.05) is 32.3 Å². The Morgan fingerprint density at radius 3 is 2.62 bits per heavy atom. The molecule has 0 radical (unpaired) electrons. The van der Waals surface area contributed by atoms with Gasteiger partial charge in [0.2, 0.25) is 0 Å². The number of rotatable bonds is 3. The average Bonchev–Trinajstić information content (AvgIpc) is 2.56. The minimum Gasteiger partial charge on any atom is -0.481 e. The van der Waals surface area contributed by atoms with Crippen molar-refractivity contribution in [2.24, 2.45) is 16.5 Å². The maximum Gasteiger partial charge on any atom is 0.309 e. The van der Waals surface area contributed by atoms with Crippen LogP contribution in [0.1, 0.15) is 76.0 Å². The van der Waals surface area contributed by atoms with Crippen molar-refractivity contribution < 1.29 is 19.1 Å². The molecule has 1 N–H and O–H groups in total. The molecule has 0 saturated heterocycles. The van der Waals surface area contributed by atoms with E-state index in [1.807, 2.05) is 26.8 Å². The van der Waals surface area contributed by atoms with E-state index < -0.39 is 11.4 Å². The van der Waals surface area contributed by atoms with Crippen LogP contribution in [0.15, 0.2) is 17.3 Å². The summed E-state index contributed by atoms with van der Waals surface area (Å²) in [4.78, 5) is 17.2. The van der Waals surface area contributed by atoms with E-state index in [2.05, 4.69) is 12.1 Å². The smallest absolute Gasteiger partial charge is 0.309 e. The van der Waals surface area contributed by atoms with E-state index in [0.29, 0.717) is 18.4 Å². The zero-order valence-corrected chi connectivity index (χ0v) is 16.2. The van der Waals surface area contributed by atoms with Crippen molar-refractivity contribution in [2.75, 3.05) is 7.11 Å². The van der Waals surface area contributed by atoms with Crippen LogP contribution in [0.2, 0.25) is 0 Å². The largest absolute Gasteiger partial charge is 0.481 e. The van der Waals surface area contributed by atoms with Crippen LogP contribution in [-0.2, 0) is 15.0 Å². The number of carboxylic acids is 1. The van der Waals surface area contributed by atoms with Crippen LogP contribution in [0.3, 0.4) is 0 Å². The zero-order valence-electron chi connectivity index (χ0n) is 16.2. The van der Waals surface area contributed by atoms with Gasteiger partial charge in [-0.15, -0.1) is 0 Å². The highest BCUT2D eigenvalue weighted by Gasteiger charge is 2.56. The minimum atomic E-state index is -0.855. The van der Waals surface area contributed by atoms with Gasteiger partial charge in [0.25, 0.3) is 0 Å². The van der Waals surface area contributed by atoms with E-state index in [1.165, 1.54) is 7.11 Å². The maximum absolute atomic E-state index is 14.8. The van der Waals surface area contributed by atoms with Crippen molar-refractivity contribution in [1.82, 2.24) is 0 Å². The summed E-state index contributed by atoms with van der Waals surface area (Å²) in [6.45, 7) is 7.85. The second-order valence-corrected chi connectivity index (χ2v) is 8.54. The molecule has 0 amide bonds. The number of oxime groups is 1. The third-order valence-electron chi connectivity index (χ3n) is 6.70. The van der Waals surface area contributed by atoms with Gasteiger partial charge in [0, 0.05) is 5.56 Å². The topological polar surface area (TPSA) is 58.9 Å². The minimum absolute atomic E-state index is 0.0604. The van der Waals surface area contributed by atoms with Gasteiger partial charge in [0.1, 0.15) is 12.9 Å². The van der Waals surface area contributed by atoms with Crippen LogP contribution in [0.4, 0.5) is 4.39 Å². The van der Waals surface area contributed by atoms with Crippen LogP contribution >= 0.6 is 0 Å². The van der Waals surface area contributed by atoms with Gasteiger partial charge in [0.15, 0.2) is 0 Å². The lowest BCUT2D eigenvalue weighted by molar-refractivity contribution is -0.156. The van der Waals surface area contributed by atoms with Crippen LogP contribution in [0.5, 0.6) is 0 Å². The van der Waals surface area contributed by atoms with Gasteiger partial charge in [-0.25, -0.2) is 4.39 Å². The highest BCUT2D eigenvalue weighted by Crippen LogP contribution is 2.57. The first-order chi connectivity index (χ1) is 12.1. The van der Waals surface area contributed by atoms with Gasteiger partial charge in [-0.3, -0.25) is 4.79 Å². The lowest BCUT2D eigenvalue weighted by Crippen LogP contribution is -2.53. The maximum atomic E-state index is 14.8. The van der Waals surface area contributed by atoms with Gasteiger partial charge in [0.05, 0.1) is 11.1 Å². The molecule has 1 unspecified atom stereocenters. The zero-order chi connectivity index (χ0) is 19.3.